The second-order valence-electron chi connectivity index (χ2n) is 6.18. The molecule has 0 aliphatic carbocycles. The van der Waals surface area contributed by atoms with Crippen LogP contribution in [0.4, 0.5) is 0 Å². The van der Waals surface area contributed by atoms with E-state index in [1.807, 2.05) is 60.7 Å². The maximum atomic E-state index is 5.49. The average molecular weight is 558 g/mol. The van der Waals surface area contributed by atoms with Crippen molar-refractivity contribution in [3.63, 3.8) is 0 Å². The number of aromatic amines is 1. The normalized spacial score (nSPS) is 21.4. The Kier molecular flexibility index (Phi) is 6.51. The van der Waals surface area contributed by atoms with E-state index in [4.69, 9.17) is 12.2 Å². The third-order valence-electron chi connectivity index (χ3n) is 4.27. The van der Waals surface area contributed by atoms with E-state index < -0.39 is 0 Å². The smallest absolute Gasteiger partial charge is 0.0823 e. The summed E-state index contributed by atoms with van der Waals surface area (Å²) in [5, 5.41) is 5.45. The van der Waals surface area contributed by atoms with Gasteiger partial charge in [0.2, 0.25) is 0 Å². The van der Waals surface area contributed by atoms with Gasteiger partial charge in [0, 0.05) is 81.1 Å². The first-order valence-corrected chi connectivity index (χ1v) is 8.50. The van der Waals surface area contributed by atoms with Crippen LogP contribution in [0.5, 0.6) is 0 Å². The molecule has 0 spiro atoms. The minimum atomic E-state index is -0.0185. The summed E-state index contributed by atoms with van der Waals surface area (Å²) in [6.45, 7) is 0. The number of thiocarbonyl (C=S) groups is 1. The van der Waals surface area contributed by atoms with E-state index in [9.17, 15) is 0 Å². The first-order chi connectivity index (χ1) is 12.2. The summed E-state index contributed by atoms with van der Waals surface area (Å²) in [4.78, 5) is 13.5. The average Bonchev–Trinajstić information content (AvgIpc) is 3.33. The number of nitrogens with one attached hydrogen (secondary N) is 2. The molecule has 4 aliphatic heterocycles. The molecular formula is C20H14N4SSmZn. The van der Waals surface area contributed by atoms with Gasteiger partial charge in [-0.05, 0) is 66.8 Å². The van der Waals surface area contributed by atoms with Gasteiger partial charge in [0.15, 0.2) is 0 Å². The Morgan fingerprint density at radius 3 is 2.15 bits per heavy atom. The molecule has 0 aromatic carbocycles. The van der Waals surface area contributed by atoms with Crippen LogP contribution in [0.1, 0.15) is 0 Å². The van der Waals surface area contributed by atoms with Crippen LogP contribution in [0.25, 0.3) is 12.2 Å². The maximum Gasteiger partial charge on any atom is 0.0823 e. The van der Waals surface area contributed by atoms with Crippen LogP contribution in [0, 0.1) is 40.4 Å². The van der Waals surface area contributed by atoms with Crippen molar-refractivity contribution in [1.82, 2.24) is 10.3 Å². The van der Waals surface area contributed by atoms with Crippen molar-refractivity contribution in [2.24, 2.45) is 9.98 Å². The van der Waals surface area contributed by atoms with Crippen molar-refractivity contribution in [3.05, 3.63) is 82.5 Å². The van der Waals surface area contributed by atoms with Crippen molar-refractivity contribution < 1.29 is 59.9 Å². The van der Waals surface area contributed by atoms with Crippen LogP contribution in [0.3, 0.4) is 0 Å². The summed E-state index contributed by atoms with van der Waals surface area (Å²) in [5.41, 5.74) is 4.64. The molecule has 4 aliphatic rings. The third-order valence-corrected chi connectivity index (χ3v) is 4.64. The molecule has 128 valence electrons. The van der Waals surface area contributed by atoms with E-state index >= 15 is 0 Å². The van der Waals surface area contributed by atoms with Crippen LogP contribution in [0.15, 0.2) is 81.7 Å². The van der Waals surface area contributed by atoms with E-state index in [0.717, 1.165) is 44.1 Å². The first kappa shape index (κ1) is 20.6. The number of aliphatic imine (C=N–C) groups is 2. The molecule has 1 aromatic heterocycles. The summed E-state index contributed by atoms with van der Waals surface area (Å²) >= 11 is 5.49. The summed E-state index contributed by atoms with van der Waals surface area (Å²) < 4.78 is 0. The summed E-state index contributed by atoms with van der Waals surface area (Å²) in [5.74, 6) is 0. The molecule has 0 radical (unpaired) electrons. The molecule has 27 heavy (non-hydrogen) atoms. The van der Waals surface area contributed by atoms with Crippen LogP contribution < -0.4 is 16.0 Å². The van der Waals surface area contributed by atoms with Crippen molar-refractivity contribution in [3.8, 4) is 0 Å². The van der Waals surface area contributed by atoms with Gasteiger partial charge in [-0.1, -0.05) is 12.2 Å². The van der Waals surface area contributed by atoms with Crippen LogP contribution in [0.2, 0.25) is 0 Å². The molecule has 1 unspecified atom stereocenters. The number of fused-ring (bicyclic) bond motifs is 6. The van der Waals surface area contributed by atoms with E-state index in [-0.39, 0.29) is 65.9 Å². The number of H-pyrrole nitrogens is 1. The largest absolute Gasteiger partial charge is 0.374 e. The van der Waals surface area contributed by atoms with Gasteiger partial charge in [-0.2, -0.15) is 0 Å². The van der Waals surface area contributed by atoms with Gasteiger partial charge in [-0.3, -0.25) is 0 Å². The van der Waals surface area contributed by atoms with Crippen LogP contribution in [-0.4, -0.2) is 27.3 Å². The van der Waals surface area contributed by atoms with Gasteiger partial charge < -0.3 is 10.3 Å². The Morgan fingerprint density at radius 2 is 1.44 bits per heavy atom. The Balaban J connectivity index is 0.00000105. The Labute approximate surface area is 207 Å². The molecule has 2 N–H and O–H groups in total. The molecule has 8 bridgehead atoms. The molecule has 1 atom stereocenters. The molecule has 4 nitrogen and oxygen atoms in total. The zero-order valence-corrected chi connectivity index (χ0v) is 20.7. The molecule has 5 heterocycles. The van der Waals surface area contributed by atoms with E-state index in [1.165, 1.54) is 0 Å². The Bertz CT molecular complexity index is 1140. The zero-order valence-electron chi connectivity index (χ0n) is 14.3. The van der Waals surface area contributed by atoms with Crippen molar-refractivity contribution in [2.45, 2.75) is 6.04 Å². The number of hydrogen-bond donors (Lipinski definition) is 2. The number of allylic oxidation sites excluding steroid dienone is 5. The number of rotatable bonds is 0. The Morgan fingerprint density at radius 1 is 0.815 bits per heavy atom. The topological polar surface area (TPSA) is 52.5 Å². The molecule has 0 fully saturated rings. The fourth-order valence-electron chi connectivity index (χ4n) is 3.11. The van der Waals surface area contributed by atoms with Crippen molar-refractivity contribution in [1.29, 1.82) is 0 Å². The number of nitrogens with zero attached hydrogens (tertiary/aromatic N) is 2. The van der Waals surface area contributed by atoms with Crippen molar-refractivity contribution >= 4 is 40.7 Å². The predicted molar refractivity (Wildman–Crippen MR) is 106 cm³/mol. The van der Waals surface area contributed by atoms with Gasteiger partial charge in [-0.15, -0.1) is 0 Å². The second kappa shape index (κ2) is 8.51. The quantitative estimate of drug-likeness (QED) is 0.376. The maximum absolute atomic E-state index is 5.49. The molecule has 7 heteroatoms. The zero-order chi connectivity index (χ0) is 16.8. The standard InChI is InChI=1S/C20H14N4S.Sm.Zn/c25-20-11-18-9-16-4-3-14(22-16)7-12-1-2-13(21-12)8-15-5-6-17(23-15)10-19(20)24-18;;/h1-11,19,21,24H;;. The predicted octanol–water partition coefficient (Wildman–Crippen LogP) is 1.60. The molecule has 0 saturated heterocycles. The molecular weight excluding hydrogens is 544 g/mol. The van der Waals surface area contributed by atoms with E-state index in [2.05, 4.69) is 26.4 Å². The summed E-state index contributed by atoms with van der Waals surface area (Å²) in [6, 6.07) is 4.07. The minimum Gasteiger partial charge on any atom is -0.374 e. The first-order valence-electron chi connectivity index (χ1n) is 8.09. The minimum absolute atomic E-state index is 0. The van der Waals surface area contributed by atoms with Gasteiger partial charge >= 0.3 is 0 Å². The van der Waals surface area contributed by atoms with Crippen LogP contribution in [-0.2, 0) is 19.5 Å². The number of aromatic nitrogens is 1. The third kappa shape index (κ3) is 4.50. The molecule has 0 amide bonds. The summed E-state index contributed by atoms with van der Waals surface area (Å²) in [6.07, 6.45) is 18.2. The second-order valence-corrected chi connectivity index (χ2v) is 6.65. The van der Waals surface area contributed by atoms with Gasteiger partial charge in [0.1, 0.15) is 0 Å². The Hall–Kier alpha value is -1.09. The number of hydrogen-bond acceptors (Lipinski definition) is 4. The van der Waals surface area contributed by atoms with Crippen molar-refractivity contribution in [2.75, 3.05) is 0 Å². The van der Waals surface area contributed by atoms with Crippen LogP contribution >= 0.6 is 12.2 Å². The molecule has 1 aromatic rings. The summed E-state index contributed by atoms with van der Waals surface area (Å²) in [7, 11) is 0. The fourth-order valence-corrected chi connectivity index (χ4v) is 3.37. The molecule has 5 rings (SSSR count). The van der Waals surface area contributed by atoms with Gasteiger partial charge in [0.25, 0.3) is 0 Å². The fraction of sp³-hybridized carbons (Fsp3) is 0.0500. The van der Waals surface area contributed by atoms with Gasteiger partial charge in [-0.25, -0.2) is 9.98 Å². The SMILES string of the molecule is S=C1C=C2C=C3C=CC(=N3)C=c3ccc([nH]3)=CC3=NC(=CC1N2)C=C3.[Sm].[Zn]. The molecule has 0 saturated carbocycles. The van der Waals surface area contributed by atoms with E-state index in [1.54, 1.807) is 0 Å². The van der Waals surface area contributed by atoms with E-state index in [0.29, 0.717) is 0 Å². The monoisotopic (exact) mass is 558 g/mol. The van der Waals surface area contributed by atoms with Gasteiger partial charge in [0.05, 0.1) is 28.9 Å².